The molecule has 8 heteroatoms. The molecule has 0 fully saturated rings. The standard InChI is InChI=1S/C12H10ClFN4O2/c13-7-3-6(8(14)4-9(7)15)11(12(19)20)18-10-1-2-16-5-17-10/h1-5,11H,15H2,(H,19,20)(H,16,17,18). The van der Waals surface area contributed by atoms with Crippen LogP contribution < -0.4 is 11.1 Å². The SMILES string of the molecule is Nc1cc(F)c(C(Nc2ccncn2)C(=O)O)cc1Cl. The fraction of sp³-hybridized carbons (Fsp3) is 0.0833. The molecular weight excluding hydrogens is 287 g/mol. The number of halogens is 2. The van der Waals surface area contributed by atoms with Gasteiger partial charge in [-0.25, -0.2) is 19.2 Å². The number of nitrogens with two attached hydrogens (primary N) is 1. The number of anilines is 2. The number of rotatable bonds is 4. The van der Waals surface area contributed by atoms with Crippen LogP contribution >= 0.6 is 11.6 Å². The quantitative estimate of drug-likeness (QED) is 0.747. The number of carboxylic acids is 1. The lowest BCUT2D eigenvalue weighted by Gasteiger charge is -2.16. The zero-order valence-corrected chi connectivity index (χ0v) is 10.8. The van der Waals surface area contributed by atoms with Crippen LogP contribution in [0.4, 0.5) is 15.9 Å². The maximum atomic E-state index is 13.9. The summed E-state index contributed by atoms with van der Waals surface area (Å²) in [5.74, 6) is -1.79. The van der Waals surface area contributed by atoms with Gasteiger partial charge in [-0.05, 0) is 18.2 Å². The minimum absolute atomic E-state index is 0.0408. The average Bonchev–Trinajstić information content (AvgIpc) is 2.41. The number of aromatic nitrogens is 2. The normalized spacial score (nSPS) is 11.9. The van der Waals surface area contributed by atoms with Gasteiger partial charge in [0.2, 0.25) is 0 Å². The van der Waals surface area contributed by atoms with Gasteiger partial charge in [0.05, 0.1) is 10.7 Å². The van der Waals surface area contributed by atoms with E-state index in [9.17, 15) is 14.3 Å². The van der Waals surface area contributed by atoms with Gasteiger partial charge in [0.1, 0.15) is 18.0 Å². The molecule has 1 atom stereocenters. The summed E-state index contributed by atoms with van der Waals surface area (Å²) >= 11 is 5.80. The van der Waals surface area contributed by atoms with Crippen molar-refractivity contribution in [1.82, 2.24) is 9.97 Å². The van der Waals surface area contributed by atoms with Crippen LogP contribution in [-0.4, -0.2) is 21.0 Å². The first kappa shape index (κ1) is 14.0. The van der Waals surface area contributed by atoms with Gasteiger partial charge in [-0.1, -0.05) is 11.6 Å². The van der Waals surface area contributed by atoms with Gasteiger partial charge in [0.25, 0.3) is 0 Å². The molecule has 0 aliphatic rings. The van der Waals surface area contributed by atoms with Crippen LogP contribution in [0, 0.1) is 5.82 Å². The van der Waals surface area contributed by atoms with Crippen molar-refractivity contribution < 1.29 is 14.3 Å². The highest BCUT2D eigenvalue weighted by Gasteiger charge is 2.24. The van der Waals surface area contributed by atoms with E-state index in [1.54, 1.807) is 0 Å². The van der Waals surface area contributed by atoms with Crippen LogP contribution in [0.3, 0.4) is 0 Å². The van der Waals surface area contributed by atoms with Crippen LogP contribution in [0.5, 0.6) is 0 Å². The predicted molar refractivity (Wildman–Crippen MR) is 71.9 cm³/mol. The van der Waals surface area contributed by atoms with Crippen LogP contribution in [0.1, 0.15) is 11.6 Å². The number of nitrogens with one attached hydrogen (secondary N) is 1. The number of hydrogen-bond donors (Lipinski definition) is 3. The molecule has 2 aromatic rings. The van der Waals surface area contributed by atoms with E-state index in [2.05, 4.69) is 15.3 Å². The smallest absolute Gasteiger partial charge is 0.330 e. The summed E-state index contributed by atoms with van der Waals surface area (Å²) in [6, 6.07) is 2.28. The molecule has 20 heavy (non-hydrogen) atoms. The summed E-state index contributed by atoms with van der Waals surface area (Å²) in [4.78, 5) is 18.8. The molecule has 0 aliphatic heterocycles. The monoisotopic (exact) mass is 296 g/mol. The summed E-state index contributed by atoms with van der Waals surface area (Å²) < 4.78 is 13.9. The highest BCUT2D eigenvalue weighted by Crippen LogP contribution is 2.28. The predicted octanol–water partition coefficient (Wildman–Crippen LogP) is 2.09. The Bertz CT molecular complexity index is 639. The van der Waals surface area contributed by atoms with Crippen LogP contribution in [-0.2, 0) is 4.79 Å². The first-order valence-corrected chi connectivity index (χ1v) is 5.86. The third-order valence-electron chi connectivity index (χ3n) is 2.55. The highest BCUT2D eigenvalue weighted by molar-refractivity contribution is 6.33. The van der Waals surface area contributed by atoms with Crippen molar-refractivity contribution >= 4 is 29.1 Å². The number of carboxylic acid groups (broad SMARTS) is 1. The molecule has 6 nitrogen and oxygen atoms in total. The molecule has 2 rings (SSSR count). The second-order valence-corrected chi connectivity index (χ2v) is 4.31. The van der Waals surface area contributed by atoms with E-state index in [4.69, 9.17) is 17.3 Å². The van der Waals surface area contributed by atoms with E-state index in [1.807, 2.05) is 0 Å². The lowest BCUT2D eigenvalue weighted by atomic mass is 10.1. The first-order chi connectivity index (χ1) is 9.49. The molecule has 0 saturated carbocycles. The molecule has 1 unspecified atom stereocenters. The summed E-state index contributed by atoms with van der Waals surface area (Å²) in [6.07, 6.45) is 2.67. The second-order valence-electron chi connectivity index (χ2n) is 3.91. The average molecular weight is 297 g/mol. The zero-order valence-electron chi connectivity index (χ0n) is 10.0. The Morgan fingerprint density at radius 3 is 2.85 bits per heavy atom. The lowest BCUT2D eigenvalue weighted by Crippen LogP contribution is -2.22. The van der Waals surface area contributed by atoms with Crippen molar-refractivity contribution in [2.24, 2.45) is 0 Å². The maximum absolute atomic E-state index is 13.9. The summed E-state index contributed by atoms with van der Waals surface area (Å²) in [5, 5.41) is 11.9. The van der Waals surface area contributed by atoms with E-state index in [-0.39, 0.29) is 22.1 Å². The third-order valence-corrected chi connectivity index (χ3v) is 2.88. The number of hydrogen-bond acceptors (Lipinski definition) is 5. The van der Waals surface area contributed by atoms with E-state index in [1.165, 1.54) is 24.7 Å². The van der Waals surface area contributed by atoms with Crippen molar-refractivity contribution in [3.63, 3.8) is 0 Å². The minimum atomic E-state index is -1.34. The maximum Gasteiger partial charge on any atom is 0.330 e. The van der Waals surface area contributed by atoms with Crippen molar-refractivity contribution in [2.75, 3.05) is 11.1 Å². The van der Waals surface area contributed by atoms with E-state index in [0.29, 0.717) is 0 Å². The molecule has 1 aromatic carbocycles. The molecule has 0 radical (unpaired) electrons. The summed E-state index contributed by atoms with van der Waals surface area (Å²) in [5.41, 5.74) is 5.37. The van der Waals surface area contributed by atoms with Gasteiger partial charge >= 0.3 is 5.97 Å². The largest absolute Gasteiger partial charge is 0.479 e. The molecule has 0 amide bonds. The van der Waals surface area contributed by atoms with Crippen LogP contribution in [0.15, 0.2) is 30.7 Å². The zero-order chi connectivity index (χ0) is 14.7. The molecule has 0 bridgehead atoms. The Morgan fingerprint density at radius 2 is 2.25 bits per heavy atom. The third kappa shape index (κ3) is 2.94. The highest BCUT2D eigenvalue weighted by atomic mass is 35.5. The number of benzene rings is 1. The Balaban J connectivity index is 2.39. The van der Waals surface area contributed by atoms with Gasteiger partial charge in [-0.2, -0.15) is 0 Å². The molecule has 104 valence electrons. The number of carbonyl (C=O) groups is 1. The van der Waals surface area contributed by atoms with Gasteiger partial charge in [-0.3, -0.25) is 0 Å². The fourth-order valence-electron chi connectivity index (χ4n) is 1.60. The van der Waals surface area contributed by atoms with Crippen LogP contribution in [0.2, 0.25) is 5.02 Å². The van der Waals surface area contributed by atoms with Crippen molar-refractivity contribution in [1.29, 1.82) is 0 Å². The first-order valence-electron chi connectivity index (χ1n) is 5.49. The molecule has 0 saturated heterocycles. The second kappa shape index (κ2) is 5.70. The minimum Gasteiger partial charge on any atom is -0.479 e. The van der Waals surface area contributed by atoms with Gasteiger partial charge < -0.3 is 16.2 Å². The molecule has 4 N–H and O–H groups in total. The Hall–Kier alpha value is -2.41. The Morgan fingerprint density at radius 1 is 1.50 bits per heavy atom. The van der Waals surface area contributed by atoms with Crippen molar-refractivity contribution in [3.05, 3.63) is 47.1 Å². The Kier molecular flexibility index (Phi) is 3.99. The number of nitrogen functional groups attached to an aromatic ring is 1. The van der Waals surface area contributed by atoms with Gasteiger partial charge in [-0.15, -0.1) is 0 Å². The topological polar surface area (TPSA) is 101 Å². The van der Waals surface area contributed by atoms with E-state index < -0.39 is 17.8 Å². The van der Waals surface area contributed by atoms with Crippen LogP contribution in [0.25, 0.3) is 0 Å². The lowest BCUT2D eigenvalue weighted by molar-refractivity contribution is -0.138. The molecule has 0 spiro atoms. The molecular formula is C12H10ClFN4O2. The Labute approximate surface area is 118 Å². The molecule has 1 heterocycles. The number of aliphatic carboxylic acids is 1. The molecule has 0 aliphatic carbocycles. The van der Waals surface area contributed by atoms with Crippen molar-refractivity contribution in [2.45, 2.75) is 6.04 Å². The number of nitrogens with zero attached hydrogens (tertiary/aromatic N) is 2. The summed E-state index contributed by atoms with van der Waals surface area (Å²) in [6.45, 7) is 0. The molecule has 1 aromatic heterocycles. The van der Waals surface area contributed by atoms with Crippen molar-refractivity contribution in [3.8, 4) is 0 Å². The van der Waals surface area contributed by atoms with Gasteiger partial charge in [0, 0.05) is 11.8 Å². The van der Waals surface area contributed by atoms with E-state index in [0.717, 1.165) is 6.07 Å². The summed E-state index contributed by atoms with van der Waals surface area (Å²) in [7, 11) is 0. The van der Waals surface area contributed by atoms with Gasteiger partial charge in [0.15, 0.2) is 6.04 Å². The fourth-order valence-corrected chi connectivity index (χ4v) is 1.77. The van der Waals surface area contributed by atoms with E-state index >= 15 is 0 Å².